The summed E-state index contributed by atoms with van der Waals surface area (Å²) < 4.78 is 55.7. The fourth-order valence-electron chi connectivity index (χ4n) is 1.83. The average Bonchev–Trinajstić information content (AvgIpc) is 2.44. The summed E-state index contributed by atoms with van der Waals surface area (Å²) in [7, 11) is -3.16. The van der Waals surface area contributed by atoms with Gasteiger partial charge in [-0.1, -0.05) is 11.6 Å². The van der Waals surface area contributed by atoms with Gasteiger partial charge in [-0.3, -0.25) is 0 Å². The minimum absolute atomic E-state index is 0.178. The lowest BCUT2D eigenvalue weighted by atomic mass is 10.1. The quantitative estimate of drug-likeness (QED) is 0.784. The van der Waals surface area contributed by atoms with Crippen LogP contribution in [0.15, 0.2) is 27.7 Å². The van der Waals surface area contributed by atoms with Crippen LogP contribution in [0.3, 0.4) is 0 Å². The smallest absolute Gasteiger partial charge is 0.244 e. The van der Waals surface area contributed by atoms with E-state index in [1.54, 1.807) is 0 Å². The zero-order chi connectivity index (χ0) is 16.7. The van der Waals surface area contributed by atoms with Gasteiger partial charge in [-0.05, 0) is 28.1 Å². The molecule has 0 atom stereocenters. The maximum Gasteiger partial charge on any atom is 0.244 e. The van der Waals surface area contributed by atoms with Gasteiger partial charge < -0.3 is 4.74 Å². The highest BCUT2D eigenvalue weighted by Gasteiger charge is 2.27. The van der Waals surface area contributed by atoms with E-state index in [9.17, 15) is 17.2 Å². The minimum Gasteiger partial charge on any atom is -0.480 e. The molecule has 1 heterocycles. The van der Waals surface area contributed by atoms with Crippen LogP contribution in [0.4, 0.5) is 8.78 Å². The highest BCUT2D eigenvalue weighted by atomic mass is 79.9. The molecule has 0 radical (unpaired) electrons. The van der Waals surface area contributed by atoms with E-state index in [2.05, 4.69) is 20.9 Å². The van der Waals surface area contributed by atoms with Crippen LogP contribution in [0.1, 0.15) is 0 Å². The maximum absolute atomic E-state index is 14.3. The number of benzene rings is 1. The molecule has 5 nitrogen and oxygen atoms in total. The molecule has 2 aromatic rings. The van der Waals surface area contributed by atoms with E-state index in [1.807, 2.05) is 0 Å². The summed E-state index contributed by atoms with van der Waals surface area (Å²) >= 11 is 8.69. The van der Waals surface area contributed by atoms with Crippen molar-refractivity contribution in [2.75, 3.05) is 7.11 Å². The Bertz CT molecular complexity index is 862. The molecule has 1 aromatic carbocycles. The third-order valence-electron chi connectivity index (χ3n) is 2.74. The first-order chi connectivity index (χ1) is 10.2. The van der Waals surface area contributed by atoms with Crippen LogP contribution in [0.5, 0.6) is 5.88 Å². The molecular weight excluding hydrogens is 406 g/mol. The van der Waals surface area contributed by atoms with Gasteiger partial charge in [0.15, 0.2) is 4.90 Å². The van der Waals surface area contributed by atoms with Crippen LogP contribution < -0.4 is 9.88 Å². The first-order valence-corrected chi connectivity index (χ1v) is 8.29. The third-order valence-corrected chi connectivity index (χ3v) is 4.70. The van der Waals surface area contributed by atoms with Crippen molar-refractivity contribution in [3.05, 3.63) is 39.5 Å². The number of sulfonamides is 1. The van der Waals surface area contributed by atoms with Gasteiger partial charge in [-0.2, -0.15) is 0 Å². The molecule has 0 aliphatic rings. The second-order valence-corrected chi connectivity index (χ2v) is 6.79. The van der Waals surface area contributed by atoms with Crippen LogP contribution in [0.2, 0.25) is 5.02 Å². The number of halogens is 4. The van der Waals surface area contributed by atoms with Crippen molar-refractivity contribution in [1.82, 2.24) is 4.98 Å². The number of nitrogens with zero attached hydrogens (tertiary/aromatic N) is 1. The Hall–Kier alpha value is -1.29. The molecule has 10 heteroatoms. The summed E-state index contributed by atoms with van der Waals surface area (Å²) in [4.78, 5) is 3.11. The lowest BCUT2D eigenvalue weighted by molar-refractivity contribution is 0.385. The van der Waals surface area contributed by atoms with Crippen LogP contribution in [0.25, 0.3) is 11.1 Å². The number of hydrogen-bond acceptors (Lipinski definition) is 4. The highest BCUT2D eigenvalue weighted by molar-refractivity contribution is 9.10. The molecule has 2 N–H and O–H groups in total. The second kappa shape index (κ2) is 6.07. The largest absolute Gasteiger partial charge is 0.480 e. The van der Waals surface area contributed by atoms with Crippen LogP contribution >= 0.6 is 27.5 Å². The monoisotopic (exact) mass is 412 g/mol. The maximum atomic E-state index is 14.3. The number of methoxy groups -OCH3 is 1. The Kier molecular flexibility index (Phi) is 4.71. The Labute approximate surface area is 138 Å². The van der Waals surface area contributed by atoms with E-state index in [0.29, 0.717) is 0 Å². The molecule has 0 saturated carbocycles. The fraction of sp³-hybridized carbons (Fsp3) is 0.0833. The van der Waals surface area contributed by atoms with Crippen molar-refractivity contribution in [3.8, 4) is 17.0 Å². The van der Waals surface area contributed by atoms with Gasteiger partial charge in [-0.25, -0.2) is 27.3 Å². The molecule has 22 heavy (non-hydrogen) atoms. The van der Waals surface area contributed by atoms with Crippen molar-refractivity contribution in [3.63, 3.8) is 0 Å². The number of primary sulfonamides is 1. The summed E-state index contributed by atoms with van der Waals surface area (Å²) in [5.41, 5.74) is -0.516. The summed E-state index contributed by atoms with van der Waals surface area (Å²) in [6.45, 7) is 0. The van der Waals surface area contributed by atoms with Crippen LogP contribution in [0, 0.1) is 11.6 Å². The van der Waals surface area contributed by atoms with Crippen molar-refractivity contribution < 1.29 is 21.9 Å². The number of aromatic nitrogens is 1. The third kappa shape index (κ3) is 2.94. The zero-order valence-electron chi connectivity index (χ0n) is 10.9. The summed E-state index contributed by atoms with van der Waals surface area (Å²) in [6.07, 6.45) is 1.08. The number of nitrogens with two attached hydrogens (primary N) is 1. The fourth-order valence-corrected chi connectivity index (χ4v) is 3.36. The Morgan fingerprint density at radius 2 is 2.00 bits per heavy atom. The molecule has 0 fully saturated rings. The van der Waals surface area contributed by atoms with Gasteiger partial charge in [-0.15, -0.1) is 0 Å². The predicted molar refractivity (Wildman–Crippen MR) is 80.2 cm³/mol. The highest BCUT2D eigenvalue weighted by Crippen LogP contribution is 2.40. The topological polar surface area (TPSA) is 82.3 Å². The molecule has 0 saturated heterocycles. The lowest BCUT2D eigenvalue weighted by Gasteiger charge is -2.14. The SMILES string of the molecule is COc1ncc(Cl)c(-c2ccc(F)c(Br)c2F)c1S(N)(=O)=O. The predicted octanol–water partition coefficient (Wildman–Crippen LogP) is 3.10. The number of pyridine rings is 1. The van der Waals surface area contributed by atoms with Crippen LogP contribution in [-0.4, -0.2) is 20.5 Å². The molecule has 0 aliphatic carbocycles. The van der Waals surface area contributed by atoms with E-state index in [0.717, 1.165) is 18.3 Å². The van der Waals surface area contributed by atoms with E-state index in [-0.39, 0.29) is 22.0 Å². The Morgan fingerprint density at radius 1 is 1.36 bits per heavy atom. The Balaban J connectivity index is 2.96. The zero-order valence-corrected chi connectivity index (χ0v) is 14.1. The van der Waals surface area contributed by atoms with E-state index in [4.69, 9.17) is 21.5 Å². The lowest BCUT2D eigenvalue weighted by Crippen LogP contribution is -2.16. The average molecular weight is 414 g/mol. The summed E-state index contributed by atoms with van der Waals surface area (Å²) in [6, 6.07) is 2.00. The van der Waals surface area contributed by atoms with E-state index < -0.39 is 31.0 Å². The molecule has 118 valence electrons. The number of ether oxygens (including phenoxy) is 1. The summed E-state index contributed by atoms with van der Waals surface area (Å²) in [5, 5.41) is 4.97. The summed E-state index contributed by atoms with van der Waals surface area (Å²) in [5.74, 6) is -2.22. The van der Waals surface area contributed by atoms with E-state index in [1.165, 1.54) is 7.11 Å². The first kappa shape index (κ1) is 17.1. The van der Waals surface area contributed by atoms with Crippen molar-refractivity contribution in [1.29, 1.82) is 0 Å². The normalized spacial score (nSPS) is 11.5. The van der Waals surface area contributed by atoms with Gasteiger partial charge in [0.1, 0.15) is 11.6 Å². The number of rotatable bonds is 3. The molecule has 1 aromatic heterocycles. The Morgan fingerprint density at radius 3 is 2.55 bits per heavy atom. The number of hydrogen-bond donors (Lipinski definition) is 1. The second-order valence-electron chi connectivity index (χ2n) is 4.09. The van der Waals surface area contributed by atoms with Crippen LogP contribution in [-0.2, 0) is 10.0 Å². The molecular formula is C12H8BrClF2N2O3S. The van der Waals surface area contributed by atoms with Gasteiger partial charge in [0.2, 0.25) is 15.9 Å². The molecule has 0 aliphatic heterocycles. The van der Waals surface area contributed by atoms with Crippen molar-refractivity contribution in [2.24, 2.45) is 5.14 Å². The first-order valence-electron chi connectivity index (χ1n) is 5.57. The molecule has 0 bridgehead atoms. The van der Waals surface area contributed by atoms with Gasteiger partial charge >= 0.3 is 0 Å². The minimum atomic E-state index is -4.33. The van der Waals surface area contributed by atoms with Gasteiger partial charge in [0.25, 0.3) is 0 Å². The molecule has 0 unspecified atom stereocenters. The molecule has 0 spiro atoms. The van der Waals surface area contributed by atoms with E-state index >= 15 is 0 Å². The van der Waals surface area contributed by atoms with Gasteiger partial charge in [0, 0.05) is 11.1 Å². The van der Waals surface area contributed by atoms with Crippen molar-refractivity contribution >= 4 is 37.6 Å². The van der Waals surface area contributed by atoms with Gasteiger partial charge in [0.05, 0.1) is 22.8 Å². The molecule has 0 amide bonds. The van der Waals surface area contributed by atoms with Crippen molar-refractivity contribution in [2.45, 2.75) is 4.90 Å². The standard InChI is InChI=1S/C12H8BrClF2N2O3S/c1-21-12-11(22(17,19)20)8(6(14)4-18-12)5-2-3-7(15)9(13)10(5)16/h2-4H,1H3,(H2,17,19,20). The molecule has 2 rings (SSSR count).